The number of nitrogens with zero attached hydrogens (tertiary/aromatic N) is 1. The number of esters is 1. The van der Waals surface area contributed by atoms with Crippen molar-refractivity contribution in [2.45, 2.75) is 110 Å². The Morgan fingerprint density at radius 2 is 1.44 bits per heavy atom. The Labute approximate surface area is 240 Å². The van der Waals surface area contributed by atoms with Gasteiger partial charge in [0.1, 0.15) is 25.5 Å². The molecule has 0 bridgehead atoms. The number of benzene rings is 1. The van der Waals surface area contributed by atoms with Crippen molar-refractivity contribution in [3.8, 4) is 5.75 Å². The zero-order valence-electron chi connectivity index (χ0n) is 25.5. The molecule has 226 valence electrons. The number of quaternary nitrogens is 1. The largest absolute Gasteiger partial charge is 0.489 e. The van der Waals surface area contributed by atoms with Crippen LogP contribution in [0.4, 0.5) is 0 Å². The van der Waals surface area contributed by atoms with Crippen LogP contribution in [-0.2, 0) is 25.0 Å². The number of rotatable bonds is 25. The van der Waals surface area contributed by atoms with Gasteiger partial charge in [-0.2, -0.15) is 0 Å². The quantitative estimate of drug-likeness (QED) is 0.0565. The van der Waals surface area contributed by atoms with Crippen LogP contribution in [0.2, 0.25) is 0 Å². The van der Waals surface area contributed by atoms with E-state index >= 15 is 0 Å². The first-order chi connectivity index (χ1) is 18.7. The fraction of sp³-hybridized carbons (Fsp3) is 0.774. The second-order valence-corrected chi connectivity index (χ2v) is 12.4. The lowest BCUT2D eigenvalue weighted by molar-refractivity contribution is -0.870. The minimum absolute atomic E-state index is 0.0131. The Kier molecular flexibility index (Phi) is 20.6. The predicted octanol–water partition coefficient (Wildman–Crippen LogP) is 7.59. The Morgan fingerprint density at radius 3 is 2.03 bits per heavy atom. The van der Waals surface area contributed by atoms with Gasteiger partial charge in [-0.25, -0.2) is 0 Å². The van der Waals surface area contributed by atoms with Crippen molar-refractivity contribution >= 4 is 14.6 Å². The molecule has 8 heteroatoms. The molecular weight excluding hydrogens is 513 g/mol. The van der Waals surface area contributed by atoms with E-state index in [1.165, 1.54) is 76.2 Å². The first kappa shape index (κ1) is 35.8. The van der Waals surface area contributed by atoms with Crippen molar-refractivity contribution in [1.82, 2.24) is 0 Å². The molecule has 0 amide bonds. The lowest BCUT2D eigenvalue weighted by Crippen LogP contribution is -2.37. The van der Waals surface area contributed by atoms with Crippen LogP contribution in [0.3, 0.4) is 0 Å². The average Bonchev–Trinajstić information content (AvgIpc) is 2.90. The molecule has 2 unspecified atom stereocenters. The number of carbonyl (C=O) groups excluding carboxylic acids is 1. The monoisotopic (exact) mass is 570 g/mol. The highest BCUT2D eigenvalue weighted by Gasteiger charge is 2.20. The second-order valence-electron chi connectivity index (χ2n) is 11.4. The van der Waals surface area contributed by atoms with Crippen LogP contribution < -0.4 is 4.74 Å². The number of carbonyl (C=O) groups is 1. The van der Waals surface area contributed by atoms with Crippen LogP contribution >= 0.6 is 8.60 Å². The van der Waals surface area contributed by atoms with Gasteiger partial charge >= 0.3 is 14.6 Å². The van der Waals surface area contributed by atoms with Crippen LogP contribution in [0.1, 0.15) is 103 Å². The van der Waals surface area contributed by atoms with Crippen molar-refractivity contribution < 1.29 is 32.7 Å². The van der Waals surface area contributed by atoms with Crippen molar-refractivity contribution in [3.63, 3.8) is 0 Å². The molecule has 1 rings (SSSR count). The van der Waals surface area contributed by atoms with Gasteiger partial charge in [0.25, 0.3) is 0 Å². The third-order valence-corrected chi connectivity index (χ3v) is 7.39. The molecule has 1 aromatic rings. The Bertz CT molecular complexity index is 742. The zero-order valence-corrected chi connectivity index (χ0v) is 26.4. The van der Waals surface area contributed by atoms with Gasteiger partial charge in [-0.3, -0.25) is 4.79 Å². The topological polar surface area (TPSA) is 74.2 Å². The van der Waals surface area contributed by atoms with Crippen LogP contribution in [0.15, 0.2) is 24.3 Å². The van der Waals surface area contributed by atoms with Gasteiger partial charge in [0.05, 0.1) is 27.7 Å². The van der Waals surface area contributed by atoms with Crippen molar-refractivity contribution in [2.75, 3.05) is 47.5 Å². The summed E-state index contributed by atoms with van der Waals surface area (Å²) >= 11 is 0. The van der Waals surface area contributed by atoms with Crippen molar-refractivity contribution in [1.29, 1.82) is 0 Å². The number of unbranched alkanes of at least 4 members (excludes halogenated alkanes) is 11. The fourth-order valence-electron chi connectivity index (χ4n) is 4.15. The molecule has 0 saturated carbocycles. The van der Waals surface area contributed by atoms with Gasteiger partial charge in [-0.05, 0) is 24.5 Å². The fourth-order valence-corrected chi connectivity index (χ4v) is 4.76. The third kappa shape index (κ3) is 20.3. The van der Waals surface area contributed by atoms with Gasteiger partial charge in [0, 0.05) is 6.42 Å². The minimum Gasteiger partial charge on any atom is -0.489 e. The van der Waals surface area contributed by atoms with Gasteiger partial charge in [-0.15, -0.1) is 0 Å². The second kappa shape index (κ2) is 22.4. The van der Waals surface area contributed by atoms with Gasteiger partial charge in [0.15, 0.2) is 6.10 Å². The SMILES string of the molecule is CCCCCCCCCCCCCCc1ccccc1OCC(COP(O)OCC[N+](C)(C)C)OC(=O)CC. The molecule has 0 aliphatic heterocycles. The van der Waals surface area contributed by atoms with E-state index in [9.17, 15) is 9.69 Å². The maximum atomic E-state index is 11.9. The number of aryl methyl sites for hydroxylation is 1. The molecule has 0 saturated heterocycles. The molecule has 2 atom stereocenters. The lowest BCUT2D eigenvalue weighted by Gasteiger charge is -2.24. The molecule has 0 aliphatic carbocycles. The summed E-state index contributed by atoms with van der Waals surface area (Å²) in [6, 6.07) is 8.06. The molecule has 0 aromatic heterocycles. The summed E-state index contributed by atoms with van der Waals surface area (Å²) in [4.78, 5) is 22.0. The maximum absolute atomic E-state index is 11.9. The van der Waals surface area contributed by atoms with E-state index in [1.54, 1.807) is 6.92 Å². The van der Waals surface area contributed by atoms with Crippen LogP contribution in [0.25, 0.3) is 0 Å². The number of hydrogen-bond donors (Lipinski definition) is 1. The molecule has 1 N–H and O–H groups in total. The molecule has 39 heavy (non-hydrogen) atoms. The van der Waals surface area contributed by atoms with E-state index in [1.807, 2.05) is 18.2 Å². The summed E-state index contributed by atoms with van der Waals surface area (Å²) < 4.78 is 23.2. The van der Waals surface area contributed by atoms with Crippen molar-refractivity contribution in [3.05, 3.63) is 29.8 Å². The van der Waals surface area contributed by atoms with Gasteiger partial charge in [-0.1, -0.05) is 103 Å². The third-order valence-electron chi connectivity index (χ3n) is 6.62. The highest BCUT2D eigenvalue weighted by atomic mass is 31.2. The molecule has 1 aromatic carbocycles. The zero-order chi connectivity index (χ0) is 28.8. The van der Waals surface area contributed by atoms with Gasteiger partial charge in [0.2, 0.25) is 0 Å². The molecule has 0 spiro atoms. The van der Waals surface area contributed by atoms with Crippen molar-refractivity contribution in [2.24, 2.45) is 0 Å². The maximum Gasteiger partial charge on any atom is 0.330 e. The smallest absolute Gasteiger partial charge is 0.330 e. The minimum atomic E-state index is -2.04. The average molecular weight is 571 g/mol. The summed E-state index contributed by atoms with van der Waals surface area (Å²) in [5.41, 5.74) is 1.17. The molecule has 0 radical (unpaired) electrons. The molecule has 0 aliphatic rings. The number of hydrogen-bond acceptors (Lipinski definition) is 6. The highest BCUT2D eigenvalue weighted by Crippen LogP contribution is 2.33. The summed E-state index contributed by atoms with van der Waals surface area (Å²) in [5.74, 6) is 0.480. The van der Waals surface area contributed by atoms with E-state index < -0.39 is 14.7 Å². The Morgan fingerprint density at radius 1 is 0.846 bits per heavy atom. The van der Waals surface area contributed by atoms with Crippen LogP contribution in [0.5, 0.6) is 5.75 Å². The summed E-state index contributed by atoms with van der Waals surface area (Å²) in [6.07, 6.45) is 16.6. The lowest BCUT2D eigenvalue weighted by atomic mass is 10.0. The van der Waals surface area contributed by atoms with Crippen LogP contribution in [0, 0.1) is 0 Å². The molecular formula is C31H57NO6P+. The molecule has 0 fully saturated rings. The molecule has 0 heterocycles. The Balaban J connectivity index is 2.38. The molecule has 7 nitrogen and oxygen atoms in total. The standard InChI is InChI=1S/C31H57NO6P/c1-6-8-9-10-11-12-13-14-15-16-17-18-21-28-22-19-20-23-30(28)35-26-29(38-31(33)7-2)27-37-39(34)36-25-24-32(3,4)5/h19-20,22-23,29,34H,6-18,21,24-27H2,1-5H3/q+1. The Hall–Kier alpha value is -1.24. The van der Waals surface area contributed by atoms with Crippen LogP contribution in [-0.4, -0.2) is 69.0 Å². The summed E-state index contributed by atoms with van der Waals surface area (Å²) in [5, 5.41) is 0. The predicted molar refractivity (Wildman–Crippen MR) is 161 cm³/mol. The van der Waals surface area contributed by atoms with E-state index in [-0.39, 0.29) is 25.6 Å². The highest BCUT2D eigenvalue weighted by molar-refractivity contribution is 7.40. The number of likely N-dealkylation sites (N-methyl/N-ethyl adjacent to an activating group) is 1. The normalized spacial score (nSPS) is 13.3. The summed E-state index contributed by atoms with van der Waals surface area (Å²) in [6.45, 7) is 5.31. The van der Waals surface area contributed by atoms with Gasteiger partial charge < -0.3 is 27.9 Å². The van der Waals surface area contributed by atoms with E-state index in [4.69, 9.17) is 18.5 Å². The van der Waals surface area contributed by atoms with E-state index in [2.05, 4.69) is 34.1 Å². The first-order valence-corrected chi connectivity index (χ1v) is 16.3. The number of para-hydroxylation sites is 1. The van der Waals surface area contributed by atoms with E-state index in [0.717, 1.165) is 29.6 Å². The first-order valence-electron chi connectivity index (χ1n) is 15.2. The van der Waals surface area contributed by atoms with E-state index in [0.29, 0.717) is 6.61 Å². The summed E-state index contributed by atoms with van der Waals surface area (Å²) in [7, 11) is 4.11. The number of ether oxygens (including phenoxy) is 2.